The molecule has 0 bridgehead atoms. The van der Waals surface area contributed by atoms with Gasteiger partial charge in [-0.1, -0.05) is 13.8 Å². The van der Waals surface area contributed by atoms with E-state index in [4.69, 9.17) is 0 Å². The Balaban J connectivity index is 2.45. The Kier molecular flexibility index (Phi) is 5.35. The van der Waals surface area contributed by atoms with Crippen molar-refractivity contribution in [2.75, 3.05) is 6.54 Å². The van der Waals surface area contributed by atoms with E-state index in [0.29, 0.717) is 6.04 Å². The summed E-state index contributed by atoms with van der Waals surface area (Å²) in [5.41, 5.74) is 0.858. The summed E-state index contributed by atoms with van der Waals surface area (Å²) in [5.74, 6) is 0.812. The maximum Gasteiger partial charge on any atom is 0.253 e. The van der Waals surface area contributed by atoms with Crippen LogP contribution < -0.4 is 10.9 Å². The summed E-state index contributed by atoms with van der Waals surface area (Å²) in [5, 5.41) is 3.37. The Morgan fingerprint density at radius 1 is 1.35 bits per heavy atom. The average molecular weight is 237 g/mol. The lowest BCUT2D eigenvalue weighted by Gasteiger charge is -2.10. The van der Waals surface area contributed by atoms with Crippen molar-refractivity contribution in [1.29, 1.82) is 0 Å². The van der Waals surface area contributed by atoms with Crippen molar-refractivity contribution < 1.29 is 0 Å². The Morgan fingerprint density at radius 3 is 2.65 bits per heavy atom. The SMILES string of the molecule is Cc1cc(=O)n(CCCCNC(C)C)c(C)n1. The predicted octanol–water partition coefficient (Wildman–Crippen LogP) is 1.64. The summed E-state index contributed by atoms with van der Waals surface area (Å²) in [6.07, 6.45) is 2.09. The molecule has 4 heteroatoms. The first kappa shape index (κ1) is 13.9. The molecule has 1 heterocycles. The van der Waals surface area contributed by atoms with Gasteiger partial charge in [-0.15, -0.1) is 0 Å². The number of hydrogen-bond acceptors (Lipinski definition) is 3. The molecule has 4 nitrogen and oxygen atoms in total. The number of nitrogens with zero attached hydrogens (tertiary/aromatic N) is 2. The number of hydrogen-bond donors (Lipinski definition) is 1. The topological polar surface area (TPSA) is 46.9 Å². The second-order valence-electron chi connectivity index (χ2n) is 4.75. The van der Waals surface area contributed by atoms with Gasteiger partial charge in [0, 0.05) is 24.3 Å². The highest BCUT2D eigenvalue weighted by Gasteiger charge is 2.02. The van der Waals surface area contributed by atoms with Crippen molar-refractivity contribution >= 4 is 0 Å². The minimum absolute atomic E-state index is 0.0619. The minimum Gasteiger partial charge on any atom is -0.315 e. The highest BCUT2D eigenvalue weighted by Crippen LogP contribution is 1.97. The second kappa shape index (κ2) is 6.55. The zero-order valence-corrected chi connectivity index (χ0v) is 11.3. The van der Waals surface area contributed by atoms with E-state index in [1.165, 1.54) is 0 Å². The first-order chi connectivity index (χ1) is 8.00. The molecule has 17 heavy (non-hydrogen) atoms. The predicted molar refractivity (Wildman–Crippen MR) is 70.3 cm³/mol. The van der Waals surface area contributed by atoms with Crippen molar-refractivity contribution in [3.8, 4) is 0 Å². The van der Waals surface area contributed by atoms with Crippen LogP contribution >= 0.6 is 0 Å². The van der Waals surface area contributed by atoms with Crippen LogP contribution in [0.3, 0.4) is 0 Å². The molecule has 0 aliphatic carbocycles. The molecule has 1 aromatic heterocycles. The molecule has 0 amide bonds. The molecule has 1 aromatic rings. The highest BCUT2D eigenvalue weighted by atomic mass is 16.1. The van der Waals surface area contributed by atoms with Crippen LogP contribution in [0.15, 0.2) is 10.9 Å². The van der Waals surface area contributed by atoms with Gasteiger partial charge in [-0.05, 0) is 33.2 Å². The first-order valence-electron chi connectivity index (χ1n) is 6.29. The fraction of sp³-hybridized carbons (Fsp3) is 0.692. The van der Waals surface area contributed by atoms with Crippen molar-refractivity contribution in [1.82, 2.24) is 14.9 Å². The third-order valence-corrected chi connectivity index (χ3v) is 2.69. The number of aromatic nitrogens is 2. The molecule has 96 valence electrons. The van der Waals surface area contributed by atoms with Crippen LogP contribution in [0.1, 0.15) is 38.2 Å². The molecule has 0 aliphatic heterocycles. The van der Waals surface area contributed by atoms with E-state index in [0.717, 1.165) is 37.4 Å². The summed E-state index contributed by atoms with van der Waals surface area (Å²) in [6, 6.07) is 2.12. The Bertz CT molecular complexity index is 410. The minimum atomic E-state index is 0.0619. The summed E-state index contributed by atoms with van der Waals surface area (Å²) in [6.45, 7) is 9.78. The standard InChI is InChI=1S/C13H23N3O/c1-10(2)14-7-5-6-8-16-12(4)15-11(3)9-13(16)17/h9-10,14H,5-8H2,1-4H3. The average Bonchev–Trinajstić information content (AvgIpc) is 2.20. The van der Waals surface area contributed by atoms with Crippen LogP contribution in [0, 0.1) is 13.8 Å². The maximum absolute atomic E-state index is 11.7. The van der Waals surface area contributed by atoms with Gasteiger partial charge >= 0.3 is 0 Å². The van der Waals surface area contributed by atoms with Gasteiger partial charge in [0.15, 0.2) is 0 Å². The monoisotopic (exact) mass is 237 g/mol. The van der Waals surface area contributed by atoms with E-state index >= 15 is 0 Å². The first-order valence-corrected chi connectivity index (χ1v) is 6.29. The van der Waals surface area contributed by atoms with Crippen LogP contribution in [0.25, 0.3) is 0 Å². The number of unbranched alkanes of at least 4 members (excludes halogenated alkanes) is 1. The number of aryl methyl sites for hydroxylation is 2. The van der Waals surface area contributed by atoms with E-state index in [1.54, 1.807) is 10.6 Å². The molecule has 0 aromatic carbocycles. The zero-order valence-electron chi connectivity index (χ0n) is 11.3. The molecule has 1 N–H and O–H groups in total. The fourth-order valence-corrected chi connectivity index (χ4v) is 1.82. The molecule has 0 fully saturated rings. The fourth-order valence-electron chi connectivity index (χ4n) is 1.82. The van der Waals surface area contributed by atoms with Gasteiger partial charge in [0.1, 0.15) is 5.82 Å². The molecular weight excluding hydrogens is 214 g/mol. The quantitative estimate of drug-likeness (QED) is 0.765. The van der Waals surface area contributed by atoms with E-state index in [9.17, 15) is 4.79 Å². The summed E-state index contributed by atoms with van der Waals surface area (Å²) in [7, 11) is 0. The van der Waals surface area contributed by atoms with Gasteiger partial charge in [-0.25, -0.2) is 4.98 Å². The van der Waals surface area contributed by atoms with Gasteiger partial charge < -0.3 is 5.32 Å². The molecule has 0 radical (unpaired) electrons. The third kappa shape index (κ3) is 4.69. The Hall–Kier alpha value is -1.16. The number of nitrogens with one attached hydrogen (secondary N) is 1. The summed E-state index contributed by atoms with van der Waals surface area (Å²) < 4.78 is 1.75. The van der Waals surface area contributed by atoms with E-state index in [-0.39, 0.29) is 5.56 Å². The summed E-state index contributed by atoms with van der Waals surface area (Å²) >= 11 is 0. The van der Waals surface area contributed by atoms with Crippen LogP contribution in [-0.2, 0) is 6.54 Å². The lowest BCUT2D eigenvalue weighted by Crippen LogP contribution is -2.26. The Labute approximate surface area is 103 Å². The van der Waals surface area contributed by atoms with Crippen LogP contribution in [0.4, 0.5) is 0 Å². The molecule has 0 atom stereocenters. The molecule has 0 spiro atoms. The second-order valence-corrected chi connectivity index (χ2v) is 4.75. The summed E-state index contributed by atoms with van der Waals surface area (Å²) in [4.78, 5) is 16.0. The zero-order chi connectivity index (χ0) is 12.8. The van der Waals surface area contributed by atoms with Crippen molar-refractivity contribution in [3.05, 3.63) is 27.9 Å². The molecule has 1 rings (SSSR count). The van der Waals surface area contributed by atoms with Crippen molar-refractivity contribution in [2.24, 2.45) is 0 Å². The molecule has 0 saturated carbocycles. The lowest BCUT2D eigenvalue weighted by molar-refractivity contribution is 0.518. The van der Waals surface area contributed by atoms with Gasteiger partial charge in [0.05, 0.1) is 0 Å². The van der Waals surface area contributed by atoms with Crippen LogP contribution in [0.2, 0.25) is 0 Å². The molecule has 0 unspecified atom stereocenters. The van der Waals surface area contributed by atoms with Crippen molar-refractivity contribution in [3.63, 3.8) is 0 Å². The maximum atomic E-state index is 11.7. The number of rotatable bonds is 6. The van der Waals surface area contributed by atoms with Gasteiger partial charge in [-0.2, -0.15) is 0 Å². The van der Waals surface area contributed by atoms with Gasteiger partial charge in [0.25, 0.3) is 5.56 Å². The smallest absolute Gasteiger partial charge is 0.253 e. The Morgan fingerprint density at radius 2 is 2.06 bits per heavy atom. The van der Waals surface area contributed by atoms with Gasteiger partial charge in [0.2, 0.25) is 0 Å². The highest BCUT2D eigenvalue weighted by molar-refractivity contribution is 5.01. The normalized spacial score (nSPS) is 11.1. The molecular formula is C13H23N3O. The van der Waals surface area contributed by atoms with E-state index < -0.39 is 0 Å². The van der Waals surface area contributed by atoms with Crippen LogP contribution in [0.5, 0.6) is 0 Å². The molecule has 0 aliphatic rings. The van der Waals surface area contributed by atoms with Crippen LogP contribution in [-0.4, -0.2) is 22.1 Å². The van der Waals surface area contributed by atoms with Gasteiger partial charge in [-0.3, -0.25) is 9.36 Å². The van der Waals surface area contributed by atoms with E-state index in [2.05, 4.69) is 24.1 Å². The van der Waals surface area contributed by atoms with E-state index in [1.807, 2.05) is 13.8 Å². The largest absolute Gasteiger partial charge is 0.315 e. The molecule has 0 saturated heterocycles. The van der Waals surface area contributed by atoms with Crippen molar-refractivity contribution in [2.45, 2.75) is 53.1 Å². The third-order valence-electron chi connectivity index (χ3n) is 2.69. The lowest BCUT2D eigenvalue weighted by atomic mass is 10.3.